The molecule has 0 bridgehead atoms. The zero-order chi connectivity index (χ0) is 14.8. The summed E-state index contributed by atoms with van der Waals surface area (Å²) in [5, 5.41) is 2.87. The largest absolute Gasteiger partial charge is 0.322 e. The van der Waals surface area contributed by atoms with Crippen LogP contribution in [0.25, 0.3) is 0 Å². The molecule has 0 spiro atoms. The fraction of sp³-hybridized carbons (Fsp3) is 0.176. The van der Waals surface area contributed by atoms with E-state index < -0.39 is 0 Å². The van der Waals surface area contributed by atoms with Gasteiger partial charge in [0.25, 0.3) is 5.91 Å². The minimum Gasteiger partial charge on any atom is -0.322 e. The van der Waals surface area contributed by atoms with E-state index in [1.165, 1.54) is 0 Å². The SMILES string of the molecule is CCN1C(=O)Cc2cc(NC(=O)c3ccccc3)ccc21. The molecule has 1 N–H and O–H groups in total. The van der Waals surface area contributed by atoms with Crippen LogP contribution in [0.5, 0.6) is 0 Å². The Hall–Kier alpha value is -2.62. The molecule has 3 rings (SSSR count). The number of carbonyl (C=O) groups excluding carboxylic acids is 2. The van der Waals surface area contributed by atoms with Gasteiger partial charge in [0.2, 0.25) is 5.91 Å². The van der Waals surface area contributed by atoms with Crippen LogP contribution in [0.4, 0.5) is 11.4 Å². The molecule has 0 aromatic heterocycles. The van der Waals surface area contributed by atoms with Crippen LogP contribution < -0.4 is 10.2 Å². The number of hydrogen-bond donors (Lipinski definition) is 1. The number of benzene rings is 2. The average molecular weight is 280 g/mol. The van der Waals surface area contributed by atoms with Gasteiger partial charge >= 0.3 is 0 Å². The van der Waals surface area contributed by atoms with Gasteiger partial charge < -0.3 is 10.2 Å². The number of rotatable bonds is 3. The third-order valence-electron chi connectivity index (χ3n) is 3.62. The van der Waals surface area contributed by atoms with Crippen molar-refractivity contribution < 1.29 is 9.59 Å². The van der Waals surface area contributed by atoms with Gasteiger partial charge in [-0.3, -0.25) is 9.59 Å². The fourth-order valence-corrected chi connectivity index (χ4v) is 2.60. The monoisotopic (exact) mass is 280 g/mol. The van der Waals surface area contributed by atoms with Crippen molar-refractivity contribution in [3.63, 3.8) is 0 Å². The van der Waals surface area contributed by atoms with E-state index in [2.05, 4.69) is 5.32 Å². The number of anilines is 2. The molecule has 4 heteroatoms. The molecule has 1 aliphatic rings. The van der Waals surface area contributed by atoms with E-state index in [9.17, 15) is 9.59 Å². The number of carbonyl (C=O) groups is 2. The second-order valence-electron chi connectivity index (χ2n) is 4.98. The summed E-state index contributed by atoms with van der Waals surface area (Å²) in [6.45, 7) is 2.62. The highest BCUT2D eigenvalue weighted by atomic mass is 16.2. The molecule has 0 unspecified atom stereocenters. The average Bonchev–Trinajstić information content (AvgIpc) is 2.82. The van der Waals surface area contributed by atoms with Crippen LogP contribution in [-0.4, -0.2) is 18.4 Å². The molecule has 106 valence electrons. The van der Waals surface area contributed by atoms with E-state index in [0.717, 1.165) is 11.3 Å². The summed E-state index contributed by atoms with van der Waals surface area (Å²) >= 11 is 0. The van der Waals surface area contributed by atoms with E-state index in [-0.39, 0.29) is 11.8 Å². The maximum atomic E-state index is 12.1. The lowest BCUT2D eigenvalue weighted by molar-refractivity contribution is -0.117. The van der Waals surface area contributed by atoms with E-state index in [1.807, 2.05) is 43.3 Å². The Morgan fingerprint density at radius 1 is 1.19 bits per heavy atom. The maximum absolute atomic E-state index is 12.1. The van der Waals surface area contributed by atoms with E-state index >= 15 is 0 Å². The molecule has 0 fully saturated rings. The zero-order valence-corrected chi connectivity index (χ0v) is 11.8. The van der Waals surface area contributed by atoms with Crippen LogP contribution in [0.15, 0.2) is 48.5 Å². The molecule has 2 amide bonds. The highest BCUT2D eigenvalue weighted by molar-refractivity contribution is 6.05. The Kier molecular flexibility index (Phi) is 3.44. The van der Waals surface area contributed by atoms with Gasteiger partial charge in [-0.2, -0.15) is 0 Å². The topological polar surface area (TPSA) is 49.4 Å². The van der Waals surface area contributed by atoms with Crippen molar-refractivity contribution in [1.29, 1.82) is 0 Å². The van der Waals surface area contributed by atoms with Crippen LogP contribution in [0.2, 0.25) is 0 Å². The van der Waals surface area contributed by atoms with E-state index in [1.54, 1.807) is 17.0 Å². The highest BCUT2D eigenvalue weighted by Crippen LogP contribution is 2.31. The van der Waals surface area contributed by atoms with Gasteiger partial charge in [-0.1, -0.05) is 18.2 Å². The van der Waals surface area contributed by atoms with Gasteiger partial charge in [-0.15, -0.1) is 0 Å². The Balaban J connectivity index is 1.81. The summed E-state index contributed by atoms with van der Waals surface area (Å²) in [5.41, 5.74) is 3.24. The quantitative estimate of drug-likeness (QED) is 0.940. The van der Waals surface area contributed by atoms with Crippen molar-refractivity contribution in [3.05, 3.63) is 59.7 Å². The molecule has 4 nitrogen and oxygen atoms in total. The third-order valence-corrected chi connectivity index (χ3v) is 3.62. The maximum Gasteiger partial charge on any atom is 0.255 e. The van der Waals surface area contributed by atoms with Gasteiger partial charge in [-0.05, 0) is 42.8 Å². The first-order valence-corrected chi connectivity index (χ1v) is 6.98. The van der Waals surface area contributed by atoms with Gasteiger partial charge in [-0.25, -0.2) is 0 Å². The van der Waals surface area contributed by atoms with E-state index in [0.29, 0.717) is 24.2 Å². The summed E-state index contributed by atoms with van der Waals surface area (Å²) < 4.78 is 0. The molecule has 1 heterocycles. The van der Waals surface area contributed by atoms with E-state index in [4.69, 9.17) is 0 Å². The molecule has 21 heavy (non-hydrogen) atoms. The summed E-state index contributed by atoms with van der Waals surface area (Å²) in [5.74, 6) is -0.0359. The fourth-order valence-electron chi connectivity index (χ4n) is 2.60. The van der Waals surface area contributed by atoms with Gasteiger partial charge in [0, 0.05) is 23.5 Å². The third kappa shape index (κ3) is 2.52. The standard InChI is InChI=1S/C17H16N2O2/c1-2-19-15-9-8-14(10-13(15)11-16(19)20)18-17(21)12-6-4-3-5-7-12/h3-10H,2,11H2,1H3,(H,18,21). The lowest BCUT2D eigenvalue weighted by Gasteiger charge is -2.15. The first-order chi connectivity index (χ1) is 10.2. The van der Waals surface area contributed by atoms with Crippen molar-refractivity contribution in [3.8, 4) is 0 Å². The Morgan fingerprint density at radius 3 is 2.67 bits per heavy atom. The van der Waals surface area contributed by atoms with Crippen LogP contribution in [0.3, 0.4) is 0 Å². The zero-order valence-electron chi connectivity index (χ0n) is 11.8. The van der Waals surface area contributed by atoms with Crippen molar-refractivity contribution in [2.24, 2.45) is 0 Å². The summed E-state index contributed by atoms with van der Waals surface area (Å²) in [6, 6.07) is 14.7. The molecule has 0 atom stereocenters. The van der Waals surface area contributed by atoms with Crippen LogP contribution in [-0.2, 0) is 11.2 Å². The molecular formula is C17H16N2O2. The molecule has 2 aromatic rings. The molecular weight excluding hydrogens is 264 g/mol. The lowest BCUT2D eigenvalue weighted by Crippen LogP contribution is -2.25. The molecule has 0 saturated heterocycles. The first-order valence-electron chi connectivity index (χ1n) is 6.98. The van der Waals surface area contributed by atoms with Crippen LogP contribution in [0.1, 0.15) is 22.8 Å². The molecule has 0 aliphatic carbocycles. The smallest absolute Gasteiger partial charge is 0.255 e. The predicted molar refractivity (Wildman–Crippen MR) is 82.6 cm³/mol. The highest BCUT2D eigenvalue weighted by Gasteiger charge is 2.25. The molecule has 0 saturated carbocycles. The minimum absolute atomic E-state index is 0.110. The number of hydrogen-bond acceptors (Lipinski definition) is 2. The van der Waals surface area contributed by atoms with Crippen molar-refractivity contribution >= 4 is 23.2 Å². The number of nitrogens with one attached hydrogen (secondary N) is 1. The Morgan fingerprint density at radius 2 is 1.95 bits per heavy atom. The van der Waals surface area contributed by atoms with Crippen LogP contribution >= 0.6 is 0 Å². The second-order valence-corrected chi connectivity index (χ2v) is 4.98. The van der Waals surface area contributed by atoms with Gasteiger partial charge in [0.05, 0.1) is 6.42 Å². The van der Waals surface area contributed by atoms with Crippen molar-refractivity contribution in [2.45, 2.75) is 13.3 Å². The lowest BCUT2D eigenvalue weighted by atomic mass is 10.1. The number of fused-ring (bicyclic) bond motifs is 1. The number of likely N-dealkylation sites (N-methyl/N-ethyl adjacent to an activating group) is 1. The number of amides is 2. The summed E-state index contributed by atoms with van der Waals surface area (Å²) in [7, 11) is 0. The Bertz CT molecular complexity index is 695. The van der Waals surface area contributed by atoms with Crippen molar-refractivity contribution in [1.82, 2.24) is 0 Å². The molecule has 0 radical (unpaired) electrons. The summed E-state index contributed by atoms with van der Waals surface area (Å²) in [6.07, 6.45) is 0.401. The number of nitrogens with zero attached hydrogens (tertiary/aromatic N) is 1. The van der Waals surface area contributed by atoms with Crippen molar-refractivity contribution in [2.75, 3.05) is 16.8 Å². The normalized spacial score (nSPS) is 13.2. The first kappa shape index (κ1) is 13.4. The van der Waals surface area contributed by atoms with Gasteiger partial charge in [0.15, 0.2) is 0 Å². The Labute approximate surface area is 123 Å². The van der Waals surface area contributed by atoms with Crippen LogP contribution in [0, 0.1) is 0 Å². The summed E-state index contributed by atoms with van der Waals surface area (Å²) in [4.78, 5) is 25.7. The minimum atomic E-state index is -0.146. The van der Waals surface area contributed by atoms with Gasteiger partial charge in [0.1, 0.15) is 0 Å². The molecule has 2 aromatic carbocycles. The molecule has 1 aliphatic heterocycles. The second kappa shape index (κ2) is 5.40. The predicted octanol–water partition coefficient (Wildman–Crippen LogP) is 2.85.